The predicted octanol–water partition coefficient (Wildman–Crippen LogP) is -5.82. The molecule has 18 nitrogen and oxygen atoms in total. The average molecular weight is 450 g/mol. The van der Waals surface area contributed by atoms with Gasteiger partial charge in [0.05, 0.1) is 39.3 Å². The second-order valence-corrected chi connectivity index (χ2v) is 3.59. The molecule has 0 atom stereocenters. The van der Waals surface area contributed by atoms with Crippen LogP contribution < -0.4 is 34.4 Å². The minimum absolute atomic E-state index is 0.278. The van der Waals surface area contributed by atoms with Crippen LogP contribution in [0, 0.1) is 0 Å². The fourth-order valence-electron chi connectivity index (χ4n) is 0. The molecular formula is C12H30N6O12. The Morgan fingerprint density at radius 1 is 0.333 bits per heavy atom. The highest BCUT2D eigenvalue weighted by atomic mass is 16.4. The molecule has 0 aromatic rings. The maximum atomic E-state index is 9.24. The molecule has 0 rings (SSSR count). The first-order valence-corrected chi connectivity index (χ1v) is 7.14. The number of carboxylic acids is 6. The Morgan fingerprint density at radius 2 is 0.367 bits per heavy atom. The van der Waals surface area contributed by atoms with Gasteiger partial charge in [-0.15, -0.1) is 0 Å². The number of carbonyl (C=O) groups is 6. The standard InChI is InChI=1S/6C2H5NO2/c6*3-1-2(4)5/h6*1,3H2,(H,4,5). The van der Waals surface area contributed by atoms with Crippen LogP contribution in [0.1, 0.15) is 0 Å². The van der Waals surface area contributed by atoms with E-state index in [4.69, 9.17) is 30.6 Å². The van der Waals surface area contributed by atoms with Crippen molar-refractivity contribution in [1.29, 1.82) is 0 Å². The lowest BCUT2D eigenvalue weighted by molar-refractivity contribution is -0.136. The lowest BCUT2D eigenvalue weighted by atomic mass is 10.7. The van der Waals surface area contributed by atoms with E-state index < -0.39 is 35.8 Å². The Kier molecular flexibility index (Phi) is 49.9. The van der Waals surface area contributed by atoms with E-state index >= 15 is 0 Å². The Hall–Kier alpha value is -3.42. The summed E-state index contributed by atoms with van der Waals surface area (Å²) in [5.41, 5.74) is 27.4. The molecule has 0 aromatic carbocycles. The van der Waals surface area contributed by atoms with Gasteiger partial charge < -0.3 is 65.0 Å². The lowest BCUT2D eigenvalue weighted by Gasteiger charge is -1.73. The topological polar surface area (TPSA) is 380 Å². The van der Waals surface area contributed by atoms with Gasteiger partial charge in [0.15, 0.2) is 0 Å². The Balaban J connectivity index is -0.0000000576. The van der Waals surface area contributed by atoms with E-state index in [0.717, 1.165) is 0 Å². The first kappa shape index (κ1) is 41.1. The van der Waals surface area contributed by atoms with Crippen molar-refractivity contribution >= 4 is 35.8 Å². The van der Waals surface area contributed by atoms with Crippen LogP contribution in [0.5, 0.6) is 0 Å². The van der Waals surface area contributed by atoms with E-state index in [1.165, 1.54) is 0 Å². The maximum absolute atomic E-state index is 9.24. The molecule has 0 amide bonds. The van der Waals surface area contributed by atoms with Gasteiger partial charge in [0.25, 0.3) is 0 Å². The van der Waals surface area contributed by atoms with Crippen LogP contribution in [0.25, 0.3) is 0 Å². The monoisotopic (exact) mass is 450 g/mol. The summed E-state index contributed by atoms with van der Waals surface area (Å²) in [7, 11) is 0. The van der Waals surface area contributed by atoms with Crippen LogP contribution in [0.4, 0.5) is 0 Å². The molecule has 0 bridgehead atoms. The molecule has 0 aliphatic rings. The summed E-state index contributed by atoms with van der Waals surface area (Å²) in [4.78, 5) is 55.5. The summed E-state index contributed by atoms with van der Waals surface area (Å²) in [6.45, 7) is -1.67. The number of hydrogen-bond acceptors (Lipinski definition) is 12. The molecule has 0 fully saturated rings. The summed E-state index contributed by atoms with van der Waals surface area (Å²) < 4.78 is 0. The zero-order valence-corrected chi connectivity index (χ0v) is 15.8. The van der Waals surface area contributed by atoms with Crippen molar-refractivity contribution < 1.29 is 59.4 Å². The first-order valence-electron chi connectivity index (χ1n) is 7.14. The van der Waals surface area contributed by atoms with Crippen molar-refractivity contribution in [2.45, 2.75) is 0 Å². The third kappa shape index (κ3) is 186. The second-order valence-electron chi connectivity index (χ2n) is 3.59. The molecule has 0 aliphatic carbocycles. The summed E-state index contributed by atoms with van der Waals surface area (Å²) in [5.74, 6) is -5.81. The highest BCUT2D eigenvalue weighted by Crippen LogP contribution is 1.46. The highest BCUT2D eigenvalue weighted by Gasteiger charge is 1.83. The Bertz CT molecular complexity index is 366. The fraction of sp³-hybridized carbons (Fsp3) is 0.500. The second kappa shape index (κ2) is 36.5. The van der Waals surface area contributed by atoms with Crippen molar-refractivity contribution in [2.24, 2.45) is 34.4 Å². The molecular weight excluding hydrogens is 420 g/mol. The zero-order chi connectivity index (χ0) is 25.7. The van der Waals surface area contributed by atoms with E-state index in [-0.39, 0.29) is 39.3 Å². The van der Waals surface area contributed by atoms with E-state index in [9.17, 15) is 28.8 Å². The summed E-state index contributed by atoms with van der Waals surface area (Å²) in [6.07, 6.45) is 0. The van der Waals surface area contributed by atoms with Crippen LogP contribution in [-0.2, 0) is 28.8 Å². The third-order valence-electron chi connectivity index (χ3n) is 1.05. The normalized spacial score (nSPS) is 7.40. The molecule has 18 heteroatoms. The molecule has 30 heavy (non-hydrogen) atoms. The Morgan fingerprint density at radius 3 is 0.367 bits per heavy atom. The molecule has 0 unspecified atom stereocenters. The minimum atomic E-state index is -0.968. The molecule has 0 aliphatic heterocycles. The molecule has 180 valence electrons. The molecule has 0 aromatic heterocycles. The summed E-state index contributed by atoms with van der Waals surface area (Å²) in [5, 5.41) is 45.6. The maximum Gasteiger partial charge on any atom is 0.317 e. The van der Waals surface area contributed by atoms with Gasteiger partial charge in [-0.3, -0.25) is 28.8 Å². The molecule has 0 heterocycles. The largest absolute Gasteiger partial charge is 0.480 e. The minimum Gasteiger partial charge on any atom is -0.480 e. The zero-order valence-electron chi connectivity index (χ0n) is 15.8. The third-order valence-corrected chi connectivity index (χ3v) is 1.05. The number of aliphatic carboxylic acids is 6. The first-order chi connectivity index (χ1) is 13.6. The highest BCUT2D eigenvalue weighted by molar-refractivity contribution is 5.69. The van der Waals surface area contributed by atoms with Crippen LogP contribution in [0.2, 0.25) is 0 Å². The van der Waals surface area contributed by atoms with Gasteiger partial charge in [0.2, 0.25) is 0 Å². The smallest absolute Gasteiger partial charge is 0.317 e. The van der Waals surface area contributed by atoms with Gasteiger partial charge in [-0.1, -0.05) is 0 Å². The molecule has 0 saturated heterocycles. The van der Waals surface area contributed by atoms with E-state index in [1.54, 1.807) is 0 Å². The fourth-order valence-corrected chi connectivity index (χ4v) is 0. The number of rotatable bonds is 6. The SMILES string of the molecule is NCC(=O)O.NCC(=O)O.NCC(=O)O.NCC(=O)O.NCC(=O)O.NCC(=O)O. The summed E-state index contributed by atoms with van der Waals surface area (Å²) >= 11 is 0. The van der Waals surface area contributed by atoms with Gasteiger partial charge in [-0.2, -0.15) is 0 Å². The van der Waals surface area contributed by atoms with E-state index in [0.29, 0.717) is 0 Å². The van der Waals surface area contributed by atoms with Gasteiger partial charge in [0.1, 0.15) is 0 Å². The molecule has 18 N–H and O–H groups in total. The van der Waals surface area contributed by atoms with Gasteiger partial charge in [-0.25, -0.2) is 0 Å². The molecule has 0 radical (unpaired) electrons. The Labute approximate surface area is 170 Å². The van der Waals surface area contributed by atoms with Crippen molar-refractivity contribution in [1.82, 2.24) is 0 Å². The molecule has 0 saturated carbocycles. The van der Waals surface area contributed by atoms with Crippen molar-refractivity contribution in [3.05, 3.63) is 0 Å². The quantitative estimate of drug-likeness (QED) is 0.179. The number of nitrogens with two attached hydrogens (primary N) is 6. The van der Waals surface area contributed by atoms with Crippen LogP contribution in [0.15, 0.2) is 0 Å². The van der Waals surface area contributed by atoms with Crippen LogP contribution in [0.3, 0.4) is 0 Å². The predicted molar refractivity (Wildman–Crippen MR) is 100 cm³/mol. The van der Waals surface area contributed by atoms with Gasteiger partial charge in [-0.05, 0) is 0 Å². The molecule has 0 spiro atoms. The number of carboxylic acid groups (broad SMARTS) is 6. The van der Waals surface area contributed by atoms with Crippen LogP contribution >= 0.6 is 0 Å². The van der Waals surface area contributed by atoms with Crippen molar-refractivity contribution in [3.8, 4) is 0 Å². The van der Waals surface area contributed by atoms with Crippen LogP contribution in [-0.4, -0.2) is 106 Å². The summed E-state index contributed by atoms with van der Waals surface area (Å²) in [6, 6.07) is 0. The van der Waals surface area contributed by atoms with E-state index in [1.807, 2.05) is 0 Å². The lowest BCUT2D eigenvalue weighted by Crippen LogP contribution is -2.10. The van der Waals surface area contributed by atoms with Gasteiger partial charge >= 0.3 is 35.8 Å². The van der Waals surface area contributed by atoms with Crippen molar-refractivity contribution in [3.63, 3.8) is 0 Å². The number of hydrogen-bond donors (Lipinski definition) is 12. The average Bonchev–Trinajstić information content (AvgIpc) is 2.69. The van der Waals surface area contributed by atoms with Gasteiger partial charge in [0, 0.05) is 0 Å². The van der Waals surface area contributed by atoms with E-state index in [2.05, 4.69) is 34.4 Å². The van der Waals surface area contributed by atoms with Crippen molar-refractivity contribution in [2.75, 3.05) is 39.3 Å².